The normalized spacial score (nSPS) is 20.3. The van der Waals surface area contributed by atoms with Crippen molar-refractivity contribution < 1.29 is 27.5 Å². The van der Waals surface area contributed by atoms with E-state index >= 15 is 0 Å². The highest BCUT2D eigenvalue weighted by Crippen LogP contribution is 2.33. The summed E-state index contributed by atoms with van der Waals surface area (Å²) in [5.74, 6) is -1.82. The molecule has 0 saturated carbocycles. The van der Waals surface area contributed by atoms with Crippen LogP contribution in [0.3, 0.4) is 0 Å². The van der Waals surface area contributed by atoms with Gasteiger partial charge >= 0.3 is 6.18 Å². The molecule has 0 spiro atoms. The van der Waals surface area contributed by atoms with Crippen LogP contribution in [0.2, 0.25) is 0 Å². The predicted octanol–water partition coefficient (Wildman–Crippen LogP) is 1.34. The van der Waals surface area contributed by atoms with Gasteiger partial charge in [-0.1, -0.05) is 0 Å². The zero-order valence-electron chi connectivity index (χ0n) is 13.4. The van der Waals surface area contributed by atoms with Crippen LogP contribution in [0.5, 0.6) is 0 Å². The Labute approximate surface area is 145 Å². The maximum absolute atomic E-state index is 13.5. The van der Waals surface area contributed by atoms with Crippen molar-refractivity contribution in [3.8, 4) is 5.69 Å². The third kappa shape index (κ3) is 3.70. The van der Waals surface area contributed by atoms with Crippen molar-refractivity contribution in [2.75, 3.05) is 19.6 Å². The molecule has 1 amide bonds. The molecular weight excluding hydrogens is 356 g/mol. The zero-order valence-corrected chi connectivity index (χ0v) is 13.4. The predicted molar refractivity (Wildman–Crippen MR) is 83.2 cm³/mol. The van der Waals surface area contributed by atoms with Gasteiger partial charge in [-0.3, -0.25) is 4.79 Å². The summed E-state index contributed by atoms with van der Waals surface area (Å²) in [5, 5.41) is 18.7. The molecule has 2 aromatic rings. The Bertz CT molecular complexity index is 789. The number of nitrogens with zero attached hydrogens (tertiary/aromatic N) is 2. The van der Waals surface area contributed by atoms with Gasteiger partial charge in [0.25, 0.3) is 5.91 Å². The number of hydrogen-bond donors (Lipinski definition) is 3. The van der Waals surface area contributed by atoms with Gasteiger partial charge in [0.2, 0.25) is 0 Å². The van der Waals surface area contributed by atoms with Crippen LogP contribution in [0.25, 0.3) is 5.69 Å². The number of aliphatic hydroxyl groups is 1. The van der Waals surface area contributed by atoms with Gasteiger partial charge in [0.1, 0.15) is 5.82 Å². The zero-order chi connectivity index (χ0) is 18.9. The number of aliphatic hydroxyl groups excluding tert-OH is 1. The first-order valence-corrected chi connectivity index (χ1v) is 7.85. The smallest absolute Gasteiger partial charge is 0.391 e. The molecule has 0 radical (unpaired) electrons. The number of carbonyl (C=O) groups excluding carboxylic acids is 1. The van der Waals surface area contributed by atoms with E-state index in [4.69, 9.17) is 0 Å². The van der Waals surface area contributed by atoms with Crippen LogP contribution >= 0.6 is 0 Å². The van der Waals surface area contributed by atoms with E-state index in [1.54, 1.807) is 0 Å². The van der Waals surface area contributed by atoms with Crippen molar-refractivity contribution in [2.24, 2.45) is 5.92 Å². The van der Waals surface area contributed by atoms with Crippen LogP contribution < -0.4 is 10.6 Å². The molecule has 1 aliphatic heterocycles. The highest BCUT2D eigenvalue weighted by molar-refractivity contribution is 5.95. The second-order valence-electron chi connectivity index (χ2n) is 5.99. The number of hydrogen-bond acceptors (Lipinski definition) is 4. The van der Waals surface area contributed by atoms with Crippen LogP contribution in [0.15, 0.2) is 30.5 Å². The molecule has 1 fully saturated rings. The van der Waals surface area contributed by atoms with Crippen molar-refractivity contribution in [1.29, 1.82) is 0 Å². The number of alkyl halides is 3. The summed E-state index contributed by atoms with van der Waals surface area (Å²) in [6.07, 6.45) is -4.68. The summed E-state index contributed by atoms with van der Waals surface area (Å²) >= 11 is 0. The average Bonchev–Trinajstić information content (AvgIpc) is 3.19. The molecule has 10 heteroatoms. The second kappa shape index (κ2) is 7.04. The van der Waals surface area contributed by atoms with Crippen LogP contribution in [-0.2, 0) is 6.18 Å². The highest BCUT2D eigenvalue weighted by Gasteiger charge is 2.40. The molecule has 1 aromatic carbocycles. The lowest BCUT2D eigenvalue weighted by Crippen LogP contribution is -2.35. The van der Waals surface area contributed by atoms with Gasteiger partial charge in [-0.15, -0.1) is 0 Å². The molecule has 6 nitrogen and oxygen atoms in total. The molecule has 2 atom stereocenters. The second-order valence-corrected chi connectivity index (χ2v) is 5.99. The number of nitrogens with one attached hydrogen (secondary N) is 2. The van der Waals surface area contributed by atoms with E-state index in [9.17, 15) is 27.5 Å². The number of halogens is 4. The molecule has 1 aliphatic rings. The number of aromatic nitrogens is 2. The van der Waals surface area contributed by atoms with E-state index in [0.717, 1.165) is 30.5 Å². The summed E-state index contributed by atoms with van der Waals surface area (Å²) in [5.41, 5.74) is -1.90. The lowest BCUT2D eigenvalue weighted by Gasteiger charge is -2.15. The molecule has 3 N–H and O–H groups in total. The molecule has 1 aromatic heterocycles. The number of amides is 1. The largest absolute Gasteiger partial charge is 0.434 e. The van der Waals surface area contributed by atoms with Gasteiger partial charge in [-0.05, 0) is 24.3 Å². The molecule has 0 aliphatic carbocycles. The molecule has 2 unspecified atom stereocenters. The summed E-state index contributed by atoms with van der Waals surface area (Å²) in [7, 11) is 0. The molecule has 26 heavy (non-hydrogen) atoms. The minimum atomic E-state index is -4.84. The third-order valence-corrected chi connectivity index (χ3v) is 4.18. The van der Waals surface area contributed by atoms with Gasteiger partial charge in [0, 0.05) is 25.6 Å². The Morgan fingerprint density at radius 3 is 2.58 bits per heavy atom. The van der Waals surface area contributed by atoms with E-state index in [2.05, 4.69) is 15.7 Å². The summed E-state index contributed by atoms with van der Waals surface area (Å²) < 4.78 is 54.1. The van der Waals surface area contributed by atoms with E-state index in [-0.39, 0.29) is 18.2 Å². The van der Waals surface area contributed by atoms with Gasteiger partial charge in [-0.2, -0.15) is 18.3 Å². The average molecular weight is 372 g/mol. The molecular formula is C16H16F4N4O2. The summed E-state index contributed by atoms with van der Waals surface area (Å²) in [6, 6.07) is 4.29. The number of β-amino-alcohol motifs (C(OH)–C–C–N with tert-alkyl or cyclic N) is 1. The van der Waals surface area contributed by atoms with Crippen LogP contribution in [0.1, 0.15) is 16.1 Å². The van der Waals surface area contributed by atoms with Crippen molar-refractivity contribution in [3.63, 3.8) is 0 Å². The fraction of sp³-hybridized carbons (Fsp3) is 0.375. The lowest BCUT2D eigenvalue weighted by atomic mass is 10.1. The van der Waals surface area contributed by atoms with Crippen molar-refractivity contribution in [2.45, 2.75) is 12.3 Å². The molecule has 3 rings (SSSR count). The fourth-order valence-electron chi connectivity index (χ4n) is 2.81. The molecule has 1 saturated heterocycles. The van der Waals surface area contributed by atoms with Crippen LogP contribution in [0.4, 0.5) is 17.6 Å². The van der Waals surface area contributed by atoms with Crippen molar-refractivity contribution in [3.05, 3.63) is 47.5 Å². The number of rotatable bonds is 4. The maximum atomic E-state index is 13.5. The van der Waals surface area contributed by atoms with Gasteiger partial charge < -0.3 is 15.7 Å². The number of benzene rings is 1. The first kappa shape index (κ1) is 18.3. The van der Waals surface area contributed by atoms with Gasteiger partial charge in [0.15, 0.2) is 5.69 Å². The van der Waals surface area contributed by atoms with Crippen LogP contribution in [0, 0.1) is 11.7 Å². The van der Waals surface area contributed by atoms with Crippen LogP contribution in [-0.4, -0.2) is 46.5 Å². The Morgan fingerprint density at radius 1 is 1.31 bits per heavy atom. The highest BCUT2D eigenvalue weighted by atomic mass is 19.4. The van der Waals surface area contributed by atoms with Gasteiger partial charge in [0.05, 0.1) is 23.6 Å². The summed E-state index contributed by atoms with van der Waals surface area (Å²) in [4.78, 5) is 12.2. The van der Waals surface area contributed by atoms with Gasteiger partial charge in [-0.25, -0.2) is 9.07 Å². The Hall–Kier alpha value is -2.46. The van der Waals surface area contributed by atoms with Crippen molar-refractivity contribution >= 4 is 5.91 Å². The Kier molecular flexibility index (Phi) is 4.97. The molecule has 2 heterocycles. The third-order valence-electron chi connectivity index (χ3n) is 4.18. The van der Waals surface area contributed by atoms with E-state index in [0.29, 0.717) is 17.8 Å². The first-order valence-electron chi connectivity index (χ1n) is 7.85. The van der Waals surface area contributed by atoms with E-state index < -0.39 is 35.3 Å². The Balaban J connectivity index is 1.87. The minimum absolute atomic E-state index is 0.0202. The molecule has 140 valence electrons. The standard InChI is InChI=1S/C16H16F4N4O2/c17-10-1-3-11(4-2-10)24-14(16(18,19)20)12(7-23-24)15(26)22-6-9-5-21-8-13(9)25/h1-4,7,9,13,21,25H,5-6,8H2,(H,22,26). The van der Waals surface area contributed by atoms with Crippen molar-refractivity contribution in [1.82, 2.24) is 20.4 Å². The monoisotopic (exact) mass is 372 g/mol. The number of carbonyl (C=O) groups is 1. The molecule has 0 bridgehead atoms. The quantitative estimate of drug-likeness (QED) is 0.708. The first-order chi connectivity index (χ1) is 12.3. The Morgan fingerprint density at radius 2 is 2.00 bits per heavy atom. The van der Waals surface area contributed by atoms with E-state index in [1.807, 2.05) is 0 Å². The topological polar surface area (TPSA) is 79.2 Å². The lowest BCUT2D eigenvalue weighted by molar-refractivity contribution is -0.143. The van der Waals surface area contributed by atoms with E-state index in [1.165, 1.54) is 0 Å². The summed E-state index contributed by atoms with van der Waals surface area (Å²) in [6.45, 7) is 0.866. The fourth-order valence-corrected chi connectivity index (χ4v) is 2.81. The minimum Gasteiger partial charge on any atom is -0.391 e. The SMILES string of the molecule is O=C(NCC1CNCC1O)c1cnn(-c2ccc(F)cc2)c1C(F)(F)F. The maximum Gasteiger partial charge on any atom is 0.434 e.